The first kappa shape index (κ1) is 12.8. The fourth-order valence-electron chi connectivity index (χ4n) is 1.93. The Morgan fingerprint density at radius 2 is 2.20 bits per heavy atom. The van der Waals surface area contributed by atoms with Crippen LogP contribution in [0, 0.1) is 5.92 Å². The zero-order chi connectivity index (χ0) is 11.3. The van der Waals surface area contributed by atoms with E-state index in [4.69, 9.17) is 0 Å². The molecule has 0 aliphatic heterocycles. The molecule has 1 aliphatic carbocycles. The summed E-state index contributed by atoms with van der Waals surface area (Å²) in [5, 5.41) is 12.7. The molecular formula is C11H21NO2S. The molecule has 0 radical (unpaired) electrons. The predicted molar refractivity (Wildman–Crippen MR) is 64.0 cm³/mol. The molecule has 0 aromatic carbocycles. The summed E-state index contributed by atoms with van der Waals surface area (Å²) < 4.78 is 0. The van der Waals surface area contributed by atoms with Crippen LogP contribution in [0.2, 0.25) is 0 Å². The molecule has 3 unspecified atom stereocenters. The zero-order valence-corrected chi connectivity index (χ0v) is 10.3. The molecule has 1 aliphatic rings. The van der Waals surface area contributed by atoms with Crippen molar-refractivity contribution in [2.24, 2.45) is 5.92 Å². The molecule has 0 aromatic heterocycles. The molecule has 3 atom stereocenters. The normalized spacial score (nSPS) is 28.5. The van der Waals surface area contributed by atoms with Crippen molar-refractivity contribution in [3.8, 4) is 0 Å². The number of carbonyl (C=O) groups excluding carboxylic acids is 1. The maximum Gasteiger partial charge on any atom is 0.223 e. The van der Waals surface area contributed by atoms with Crippen LogP contribution in [0.25, 0.3) is 0 Å². The third-order valence-electron chi connectivity index (χ3n) is 2.92. The van der Waals surface area contributed by atoms with Crippen LogP contribution < -0.4 is 5.32 Å². The number of thioether (sulfide) groups is 1. The van der Waals surface area contributed by atoms with Gasteiger partial charge in [0.2, 0.25) is 5.91 Å². The molecule has 1 saturated carbocycles. The lowest BCUT2D eigenvalue weighted by molar-refractivity contribution is -0.125. The second kappa shape index (κ2) is 6.38. The molecule has 3 nitrogen and oxygen atoms in total. The molecule has 15 heavy (non-hydrogen) atoms. The Labute approximate surface area is 96.0 Å². The van der Waals surface area contributed by atoms with E-state index in [1.54, 1.807) is 11.8 Å². The summed E-state index contributed by atoms with van der Waals surface area (Å²) in [5.74, 6) is 0.957. The van der Waals surface area contributed by atoms with E-state index in [1.165, 1.54) is 0 Å². The molecule has 1 amide bonds. The lowest BCUT2D eigenvalue weighted by atomic mass is 9.92. The minimum Gasteiger partial charge on any atom is -0.391 e. The Kier molecular flexibility index (Phi) is 5.47. The van der Waals surface area contributed by atoms with Crippen molar-refractivity contribution < 1.29 is 9.90 Å². The maximum absolute atomic E-state index is 11.7. The average Bonchev–Trinajstić information content (AvgIpc) is 2.21. The van der Waals surface area contributed by atoms with Gasteiger partial charge < -0.3 is 10.4 Å². The molecule has 0 bridgehead atoms. The number of nitrogens with one attached hydrogen (secondary N) is 1. The Bertz CT molecular complexity index is 211. The van der Waals surface area contributed by atoms with Crippen LogP contribution in [0.1, 0.15) is 32.6 Å². The highest BCUT2D eigenvalue weighted by Gasteiger charge is 2.25. The van der Waals surface area contributed by atoms with Gasteiger partial charge in [-0.05, 0) is 19.1 Å². The largest absolute Gasteiger partial charge is 0.391 e. The van der Waals surface area contributed by atoms with Gasteiger partial charge in [-0.3, -0.25) is 4.79 Å². The van der Waals surface area contributed by atoms with E-state index < -0.39 is 0 Å². The molecule has 0 saturated heterocycles. The molecule has 0 aromatic rings. The molecular weight excluding hydrogens is 210 g/mol. The molecule has 88 valence electrons. The molecule has 1 rings (SSSR count). The van der Waals surface area contributed by atoms with E-state index in [9.17, 15) is 9.90 Å². The second-order valence-corrected chi connectivity index (χ2v) is 5.23. The highest BCUT2D eigenvalue weighted by atomic mass is 32.2. The maximum atomic E-state index is 11.7. The fraction of sp³-hybridized carbons (Fsp3) is 0.909. The number of aliphatic hydroxyl groups excluding tert-OH is 1. The quantitative estimate of drug-likeness (QED) is 0.769. The summed E-state index contributed by atoms with van der Waals surface area (Å²) in [6.45, 7) is 1.93. The first-order chi connectivity index (χ1) is 7.15. The lowest BCUT2D eigenvalue weighted by Crippen LogP contribution is -2.47. The van der Waals surface area contributed by atoms with Crippen molar-refractivity contribution in [3.63, 3.8) is 0 Å². The number of carbonyl (C=O) groups is 1. The standard InChI is InChI=1S/C11H21NO2S/c1-8(7-15-2)11(14)12-9-5-3-4-6-10(9)13/h8-10,13H,3-7H2,1-2H3,(H,12,14). The van der Waals surface area contributed by atoms with E-state index in [0.717, 1.165) is 31.4 Å². The van der Waals surface area contributed by atoms with E-state index in [-0.39, 0.29) is 24.0 Å². The summed E-state index contributed by atoms with van der Waals surface area (Å²) in [6.07, 6.45) is 5.58. The molecule has 1 fully saturated rings. The third-order valence-corrected chi connectivity index (χ3v) is 3.75. The highest BCUT2D eigenvalue weighted by molar-refractivity contribution is 7.98. The van der Waals surface area contributed by atoms with E-state index >= 15 is 0 Å². The zero-order valence-electron chi connectivity index (χ0n) is 9.53. The summed E-state index contributed by atoms with van der Waals surface area (Å²) in [5.41, 5.74) is 0. The van der Waals surface area contributed by atoms with Crippen molar-refractivity contribution in [3.05, 3.63) is 0 Å². The van der Waals surface area contributed by atoms with Gasteiger partial charge >= 0.3 is 0 Å². The summed E-state index contributed by atoms with van der Waals surface area (Å²) in [6, 6.07) is -0.0180. The van der Waals surface area contributed by atoms with E-state index in [0.29, 0.717) is 0 Å². The van der Waals surface area contributed by atoms with Gasteiger partial charge in [0.1, 0.15) is 0 Å². The minimum absolute atomic E-state index is 0.0180. The van der Waals surface area contributed by atoms with Gasteiger partial charge in [0.25, 0.3) is 0 Å². The first-order valence-electron chi connectivity index (χ1n) is 5.62. The third kappa shape index (κ3) is 4.03. The molecule has 2 N–H and O–H groups in total. The minimum atomic E-state index is -0.343. The number of amides is 1. The van der Waals surface area contributed by atoms with Gasteiger partial charge in [-0.25, -0.2) is 0 Å². The van der Waals surface area contributed by atoms with Crippen LogP contribution in [0.4, 0.5) is 0 Å². The van der Waals surface area contributed by atoms with Crippen LogP contribution >= 0.6 is 11.8 Å². The molecule has 4 heteroatoms. The Morgan fingerprint density at radius 1 is 1.53 bits per heavy atom. The number of aliphatic hydroxyl groups is 1. The fourth-order valence-corrected chi connectivity index (χ4v) is 2.58. The number of hydrogen-bond acceptors (Lipinski definition) is 3. The summed E-state index contributed by atoms with van der Waals surface area (Å²) >= 11 is 1.68. The highest BCUT2D eigenvalue weighted by Crippen LogP contribution is 2.18. The topological polar surface area (TPSA) is 49.3 Å². The van der Waals surface area contributed by atoms with Crippen molar-refractivity contribution in [2.75, 3.05) is 12.0 Å². The van der Waals surface area contributed by atoms with Crippen molar-refractivity contribution in [1.29, 1.82) is 0 Å². The van der Waals surface area contributed by atoms with Crippen molar-refractivity contribution >= 4 is 17.7 Å². The smallest absolute Gasteiger partial charge is 0.223 e. The van der Waals surface area contributed by atoms with Gasteiger partial charge in [0, 0.05) is 11.7 Å². The SMILES string of the molecule is CSCC(C)C(=O)NC1CCCCC1O. The Balaban J connectivity index is 2.35. The van der Waals surface area contributed by atoms with Gasteiger partial charge in [-0.15, -0.1) is 0 Å². The number of rotatable bonds is 4. The van der Waals surface area contributed by atoms with Crippen LogP contribution in [0.5, 0.6) is 0 Å². The van der Waals surface area contributed by atoms with Gasteiger partial charge in [0.05, 0.1) is 12.1 Å². The van der Waals surface area contributed by atoms with Gasteiger partial charge in [0.15, 0.2) is 0 Å². The van der Waals surface area contributed by atoms with Crippen molar-refractivity contribution in [1.82, 2.24) is 5.32 Å². The van der Waals surface area contributed by atoms with Gasteiger partial charge in [-0.2, -0.15) is 11.8 Å². The Morgan fingerprint density at radius 3 is 2.80 bits per heavy atom. The predicted octanol–water partition coefficient (Wildman–Crippen LogP) is 1.41. The first-order valence-corrected chi connectivity index (χ1v) is 7.02. The van der Waals surface area contributed by atoms with E-state index in [2.05, 4.69) is 5.32 Å². The lowest BCUT2D eigenvalue weighted by Gasteiger charge is -2.29. The summed E-state index contributed by atoms with van der Waals surface area (Å²) in [7, 11) is 0. The van der Waals surface area contributed by atoms with Crippen LogP contribution in [0.3, 0.4) is 0 Å². The average molecular weight is 231 g/mol. The van der Waals surface area contributed by atoms with E-state index in [1.807, 2.05) is 13.2 Å². The molecule has 0 heterocycles. The van der Waals surface area contributed by atoms with Crippen molar-refractivity contribution in [2.45, 2.75) is 44.8 Å². The molecule has 0 spiro atoms. The van der Waals surface area contributed by atoms with Gasteiger partial charge in [-0.1, -0.05) is 19.8 Å². The summed E-state index contributed by atoms with van der Waals surface area (Å²) in [4.78, 5) is 11.7. The van der Waals surface area contributed by atoms with Crippen LogP contribution in [-0.2, 0) is 4.79 Å². The second-order valence-electron chi connectivity index (χ2n) is 4.32. The number of hydrogen-bond donors (Lipinski definition) is 2. The monoisotopic (exact) mass is 231 g/mol. The van der Waals surface area contributed by atoms with Crippen LogP contribution in [-0.4, -0.2) is 35.2 Å². The van der Waals surface area contributed by atoms with Crippen LogP contribution in [0.15, 0.2) is 0 Å². The Hall–Kier alpha value is -0.220.